The minimum absolute atomic E-state index is 0.223. The maximum Gasteiger partial charge on any atom is 0.227 e. The lowest BCUT2D eigenvalue weighted by Crippen LogP contribution is -2.16. The van der Waals surface area contributed by atoms with Crippen molar-refractivity contribution in [1.82, 2.24) is 4.98 Å². The smallest absolute Gasteiger partial charge is 0.227 e. The lowest BCUT2D eigenvalue weighted by Gasteiger charge is -2.28. The van der Waals surface area contributed by atoms with Gasteiger partial charge in [0.05, 0.1) is 0 Å². The van der Waals surface area contributed by atoms with Gasteiger partial charge in [0.2, 0.25) is 5.89 Å². The first kappa shape index (κ1) is 29.0. The number of anilines is 3. The van der Waals surface area contributed by atoms with E-state index in [1.807, 2.05) is 35.6 Å². The zero-order chi connectivity index (χ0) is 33.4. The lowest BCUT2D eigenvalue weighted by atomic mass is 9.82. The van der Waals surface area contributed by atoms with Crippen LogP contribution < -0.4 is 4.90 Å². The third-order valence-corrected chi connectivity index (χ3v) is 11.5. The number of oxazole rings is 1. The summed E-state index contributed by atoms with van der Waals surface area (Å²) in [7, 11) is 0. The predicted molar refractivity (Wildman–Crippen MR) is 210 cm³/mol. The van der Waals surface area contributed by atoms with E-state index >= 15 is 0 Å². The van der Waals surface area contributed by atoms with Crippen molar-refractivity contribution in [3.63, 3.8) is 0 Å². The molecule has 0 atom stereocenters. The van der Waals surface area contributed by atoms with Crippen molar-refractivity contribution in [2.45, 2.75) is 19.3 Å². The van der Waals surface area contributed by atoms with Gasteiger partial charge in [-0.2, -0.15) is 0 Å². The molecule has 0 unspecified atom stereocenters. The van der Waals surface area contributed by atoms with Gasteiger partial charge < -0.3 is 9.32 Å². The molecule has 1 aliphatic carbocycles. The Kier molecular flexibility index (Phi) is 6.39. The SMILES string of the molecule is CC1(C)c2cc(N(c3ccc(-c4ccccc4)cc3)c3ccc4sc5ccccc5c4c3)ccc2-c2c(-c3nc4ccccc4o3)cccc21. The van der Waals surface area contributed by atoms with Gasteiger partial charge in [0.25, 0.3) is 0 Å². The fourth-order valence-electron chi connectivity index (χ4n) is 7.81. The summed E-state index contributed by atoms with van der Waals surface area (Å²) in [6.45, 7) is 4.67. The van der Waals surface area contributed by atoms with Gasteiger partial charge in [0, 0.05) is 48.2 Å². The average Bonchev–Trinajstić information content (AvgIpc) is 3.83. The highest BCUT2D eigenvalue weighted by Crippen LogP contribution is 2.54. The second-order valence-electron chi connectivity index (χ2n) is 13.6. The van der Waals surface area contributed by atoms with Crippen molar-refractivity contribution in [3.8, 4) is 33.7 Å². The first-order valence-corrected chi connectivity index (χ1v) is 17.9. The Balaban J connectivity index is 1.15. The molecule has 0 fully saturated rings. The van der Waals surface area contributed by atoms with E-state index in [-0.39, 0.29) is 5.41 Å². The molecule has 2 aromatic heterocycles. The normalized spacial score (nSPS) is 13.2. The maximum absolute atomic E-state index is 6.32. The highest BCUT2D eigenvalue weighted by atomic mass is 32.1. The molecule has 4 heteroatoms. The Bertz CT molecular complexity index is 2700. The summed E-state index contributed by atoms with van der Waals surface area (Å²) in [5.74, 6) is 0.659. The molecule has 0 bridgehead atoms. The standard InChI is InChI=1S/C46H32N2OS/c1-46(2)38-15-10-14-36(45-47-40-16-7-8-17-41(40)49-45)44(38)35-25-23-33(28-39(35)46)48(31-21-19-30(20-22-31)29-11-4-3-5-12-29)32-24-26-43-37(27-32)34-13-6-9-18-42(34)50-43/h3-28H,1-2H3. The summed E-state index contributed by atoms with van der Waals surface area (Å²) in [6, 6.07) is 56.6. The third kappa shape index (κ3) is 4.45. The monoisotopic (exact) mass is 660 g/mol. The van der Waals surface area contributed by atoms with Gasteiger partial charge in [-0.05, 0) is 100 Å². The van der Waals surface area contributed by atoms with Crippen molar-refractivity contribution < 1.29 is 4.42 Å². The Labute approximate surface area is 294 Å². The number of benzene rings is 7. The van der Waals surface area contributed by atoms with Gasteiger partial charge in [0.15, 0.2) is 5.58 Å². The molecule has 0 saturated heterocycles. The summed E-state index contributed by atoms with van der Waals surface area (Å²) in [4.78, 5) is 7.31. The summed E-state index contributed by atoms with van der Waals surface area (Å²) < 4.78 is 8.93. The molecule has 0 N–H and O–H groups in total. The van der Waals surface area contributed by atoms with Gasteiger partial charge >= 0.3 is 0 Å². The number of hydrogen-bond donors (Lipinski definition) is 0. The van der Waals surface area contributed by atoms with Gasteiger partial charge in [-0.1, -0.05) is 105 Å². The van der Waals surface area contributed by atoms with Crippen LogP contribution in [0, 0.1) is 0 Å². The maximum atomic E-state index is 6.32. The molecular formula is C46H32N2OS. The zero-order valence-corrected chi connectivity index (χ0v) is 28.5. The first-order chi connectivity index (χ1) is 24.5. The summed E-state index contributed by atoms with van der Waals surface area (Å²) in [5, 5.41) is 2.58. The summed E-state index contributed by atoms with van der Waals surface area (Å²) in [5.41, 5.74) is 13.3. The van der Waals surface area contributed by atoms with E-state index in [1.165, 1.54) is 53.6 Å². The Hall–Kier alpha value is -5.97. The fraction of sp³-hybridized carbons (Fsp3) is 0.0652. The molecule has 7 aromatic carbocycles. The minimum Gasteiger partial charge on any atom is -0.436 e. The Morgan fingerprint density at radius 3 is 2.10 bits per heavy atom. The van der Waals surface area contributed by atoms with Gasteiger partial charge in [-0.15, -0.1) is 11.3 Å². The Morgan fingerprint density at radius 1 is 0.540 bits per heavy atom. The molecule has 0 aliphatic heterocycles. The third-order valence-electron chi connectivity index (χ3n) is 10.3. The van der Waals surface area contributed by atoms with Crippen molar-refractivity contribution in [2.24, 2.45) is 0 Å². The highest BCUT2D eigenvalue weighted by molar-refractivity contribution is 7.25. The average molecular weight is 661 g/mol. The number of fused-ring (bicyclic) bond motifs is 7. The minimum atomic E-state index is -0.223. The van der Waals surface area contributed by atoms with Crippen LogP contribution in [-0.2, 0) is 5.41 Å². The van der Waals surface area contributed by atoms with Crippen LogP contribution >= 0.6 is 11.3 Å². The van der Waals surface area contributed by atoms with E-state index in [1.54, 1.807) is 0 Å². The van der Waals surface area contributed by atoms with Crippen molar-refractivity contribution in [3.05, 3.63) is 169 Å². The molecule has 0 radical (unpaired) electrons. The number of thiophene rings is 1. The van der Waals surface area contributed by atoms with Gasteiger partial charge in [-0.25, -0.2) is 4.98 Å². The van der Waals surface area contributed by atoms with Crippen molar-refractivity contribution in [1.29, 1.82) is 0 Å². The van der Waals surface area contributed by atoms with Crippen LogP contribution in [-0.4, -0.2) is 4.98 Å². The first-order valence-electron chi connectivity index (χ1n) is 17.0. The molecule has 1 aliphatic rings. The molecule has 0 saturated carbocycles. The van der Waals surface area contributed by atoms with Crippen LogP contribution in [0.4, 0.5) is 17.1 Å². The van der Waals surface area contributed by atoms with E-state index < -0.39 is 0 Å². The molecule has 50 heavy (non-hydrogen) atoms. The van der Waals surface area contributed by atoms with Gasteiger partial charge in [0.1, 0.15) is 5.52 Å². The number of aromatic nitrogens is 1. The molecule has 3 nitrogen and oxygen atoms in total. The van der Waals surface area contributed by atoms with Crippen LogP contribution in [0.1, 0.15) is 25.0 Å². The van der Waals surface area contributed by atoms with Crippen LogP contribution in [0.15, 0.2) is 162 Å². The van der Waals surface area contributed by atoms with E-state index in [2.05, 4.69) is 152 Å². The number of nitrogens with zero attached hydrogens (tertiary/aromatic N) is 2. The number of rotatable bonds is 5. The molecule has 2 heterocycles. The number of para-hydroxylation sites is 2. The van der Waals surface area contributed by atoms with Crippen LogP contribution in [0.2, 0.25) is 0 Å². The van der Waals surface area contributed by atoms with E-state index in [9.17, 15) is 0 Å². The number of hydrogen-bond acceptors (Lipinski definition) is 4. The predicted octanol–water partition coefficient (Wildman–Crippen LogP) is 13.3. The van der Waals surface area contributed by atoms with E-state index in [0.29, 0.717) is 5.89 Å². The summed E-state index contributed by atoms with van der Waals surface area (Å²) in [6.07, 6.45) is 0. The molecule has 10 rings (SSSR count). The van der Waals surface area contributed by atoms with E-state index in [0.717, 1.165) is 33.7 Å². The van der Waals surface area contributed by atoms with Crippen molar-refractivity contribution >= 4 is 59.7 Å². The molecular weight excluding hydrogens is 629 g/mol. The zero-order valence-electron chi connectivity index (χ0n) is 27.7. The molecule has 0 amide bonds. The van der Waals surface area contributed by atoms with Crippen LogP contribution in [0.5, 0.6) is 0 Å². The van der Waals surface area contributed by atoms with Crippen molar-refractivity contribution in [2.75, 3.05) is 4.90 Å². The topological polar surface area (TPSA) is 29.3 Å². The summed E-state index contributed by atoms with van der Waals surface area (Å²) >= 11 is 1.85. The van der Waals surface area contributed by atoms with Crippen LogP contribution in [0.3, 0.4) is 0 Å². The van der Waals surface area contributed by atoms with Gasteiger partial charge in [-0.3, -0.25) is 0 Å². The largest absolute Gasteiger partial charge is 0.436 e. The fourth-order valence-corrected chi connectivity index (χ4v) is 8.90. The quantitative estimate of drug-likeness (QED) is 0.184. The highest BCUT2D eigenvalue weighted by Gasteiger charge is 2.38. The van der Waals surface area contributed by atoms with E-state index in [4.69, 9.17) is 9.40 Å². The molecule has 9 aromatic rings. The molecule has 0 spiro atoms. The lowest BCUT2D eigenvalue weighted by molar-refractivity contribution is 0.619. The Morgan fingerprint density at radius 2 is 1.24 bits per heavy atom. The second kappa shape index (κ2) is 11.0. The molecule has 238 valence electrons. The van der Waals surface area contributed by atoms with Crippen LogP contribution in [0.25, 0.3) is 65.0 Å². The second-order valence-corrected chi connectivity index (χ2v) is 14.7.